The molecule has 0 fully saturated rings. The molecule has 0 saturated heterocycles. The molecule has 2 heteroatoms. The lowest BCUT2D eigenvalue weighted by Crippen LogP contribution is -1.99. The lowest BCUT2D eigenvalue weighted by molar-refractivity contribution is 0.0549. The Morgan fingerprint density at radius 3 is 2.04 bits per heavy atom. The predicted molar refractivity (Wildman–Crippen MR) is 103 cm³/mol. The summed E-state index contributed by atoms with van der Waals surface area (Å²) in [6.07, 6.45) is 2.32. The van der Waals surface area contributed by atoms with E-state index in [2.05, 4.69) is 80.6 Å². The molecular formula is C22H24OS. The molecule has 0 saturated carbocycles. The van der Waals surface area contributed by atoms with Gasteiger partial charge in [0.2, 0.25) is 0 Å². The minimum Gasteiger partial charge on any atom is -0.368 e. The summed E-state index contributed by atoms with van der Waals surface area (Å²) in [5.41, 5.74) is 4.01. The summed E-state index contributed by atoms with van der Waals surface area (Å²) >= 11 is 1.81. The van der Waals surface area contributed by atoms with Crippen LogP contribution in [0.1, 0.15) is 39.5 Å². The van der Waals surface area contributed by atoms with E-state index in [0.717, 1.165) is 12.8 Å². The third-order valence-electron chi connectivity index (χ3n) is 4.23. The highest BCUT2D eigenvalue weighted by Gasteiger charge is 2.08. The van der Waals surface area contributed by atoms with Crippen molar-refractivity contribution in [2.24, 2.45) is 0 Å². The third-order valence-corrected chi connectivity index (χ3v) is 5.39. The summed E-state index contributed by atoms with van der Waals surface area (Å²) in [7, 11) is 0. The summed E-state index contributed by atoms with van der Waals surface area (Å²) in [6.45, 7) is 4.92. The van der Waals surface area contributed by atoms with Gasteiger partial charge in [-0.05, 0) is 55.5 Å². The Kier molecular flexibility index (Phi) is 5.84. The van der Waals surface area contributed by atoms with E-state index in [1.807, 2.05) is 11.3 Å². The molecule has 24 heavy (non-hydrogen) atoms. The Morgan fingerprint density at radius 2 is 1.42 bits per heavy atom. The lowest BCUT2D eigenvalue weighted by atomic mass is 10.0. The molecule has 124 valence electrons. The van der Waals surface area contributed by atoms with E-state index >= 15 is 0 Å². The highest BCUT2D eigenvalue weighted by Crippen LogP contribution is 2.26. The first-order chi connectivity index (χ1) is 11.7. The van der Waals surface area contributed by atoms with Crippen LogP contribution in [0.5, 0.6) is 0 Å². The van der Waals surface area contributed by atoms with Gasteiger partial charge in [0.25, 0.3) is 0 Å². The van der Waals surface area contributed by atoms with Crippen molar-refractivity contribution < 1.29 is 4.74 Å². The van der Waals surface area contributed by atoms with E-state index in [-0.39, 0.29) is 6.10 Å². The fourth-order valence-corrected chi connectivity index (χ4v) is 3.59. The van der Waals surface area contributed by atoms with Crippen LogP contribution in [0.2, 0.25) is 0 Å². The second kappa shape index (κ2) is 8.27. The zero-order valence-electron chi connectivity index (χ0n) is 14.4. The van der Waals surface area contributed by atoms with Crippen molar-refractivity contribution in [2.75, 3.05) is 0 Å². The second-order valence-corrected chi connectivity index (χ2v) is 7.52. The van der Waals surface area contributed by atoms with Crippen LogP contribution in [0, 0.1) is 6.92 Å². The maximum absolute atomic E-state index is 6.01. The first-order valence-corrected chi connectivity index (χ1v) is 9.32. The van der Waals surface area contributed by atoms with E-state index < -0.39 is 0 Å². The molecule has 1 aromatic heterocycles. The molecule has 3 rings (SSSR count). The van der Waals surface area contributed by atoms with Crippen molar-refractivity contribution in [1.82, 2.24) is 0 Å². The Labute approximate surface area is 148 Å². The van der Waals surface area contributed by atoms with Crippen LogP contribution in [-0.4, -0.2) is 0 Å². The molecule has 0 radical (unpaired) electrons. The van der Waals surface area contributed by atoms with Gasteiger partial charge < -0.3 is 4.74 Å². The maximum atomic E-state index is 6.01. The van der Waals surface area contributed by atoms with Crippen LogP contribution >= 0.6 is 11.3 Å². The van der Waals surface area contributed by atoms with Crippen molar-refractivity contribution >= 4 is 11.3 Å². The highest BCUT2D eigenvalue weighted by atomic mass is 32.1. The van der Waals surface area contributed by atoms with Crippen LogP contribution in [0.25, 0.3) is 0 Å². The minimum atomic E-state index is 0.154. The van der Waals surface area contributed by atoms with Gasteiger partial charge in [0, 0.05) is 9.75 Å². The summed E-state index contributed by atoms with van der Waals surface area (Å²) in [5, 5.41) is 0. The van der Waals surface area contributed by atoms with Crippen molar-refractivity contribution in [3.8, 4) is 0 Å². The van der Waals surface area contributed by atoms with Crippen LogP contribution < -0.4 is 0 Å². The molecule has 2 aromatic carbocycles. The first kappa shape index (κ1) is 16.9. The van der Waals surface area contributed by atoms with E-state index in [9.17, 15) is 0 Å². The molecule has 1 unspecified atom stereocenters. The molecule has 1 heterocycles. The monoisotopic (exact) mass is 336 g/mol. The van der Waals surface area contributed by atoms with Crippen molar-refractivity contribution in [3.05, 3.63) is 93.2 Å². The highest BCUT2D eigenvalue weighted by molar-refractivity contribution is 7.12. The maximum Gasteiger partial charge on any atom is 0.0893 e. The van der Waals surface area contributed by atoms with Gasteiger partial charge in [-0.2, -0.15) is 0 Å². The SMILES string of the molecule is Cc1ccc(C(C)OCc2ccc(CCc3ccccc3)cc2)s1. The molecule has 0 aliphatic rings. The van der Waals surface area contributed by atoms with Crippen molar-refractivity contribution in [3.63, 3.8) is 0 Å². The van der Waals surface area contributed by atoms with Gasteiger partial charge in [0.15, 0.2) is 0 Å². The first-order valence-electron chi connectivity index (χ1n) is 8.50. The third kappa shape index (κ3) is 4.80. The van der Waals surface area contributed by atoms with Gasteiger partial charge in [0.1, 0.15) is 0 Å². The summed E-state index contributed by atoms with van der Waals surface area (Å²) in [5.74, 6) is 0. The lowest BCUT2D eigenvalue weighted by Gasteiger charge is -2.12. The van der Waals surface area contributed by atoms with E-state index in [1.54, 1.807) is 0 Å². The molecule has 0 aliphatic carbocycles. The molecule has 0 spiro atoms. The smallest absolute Gasteiger partial charge is 0.0893 e. The van der Waals surface area contributed by atoms with E-state index in [0.29, 0.717) is 6.61 Å². The number of thiophene rings is 1. The fourth-order valence-electron chi connectivity index (χ4n) is 2.71. The van der Waals surface area contributed by atoms with Crippen LogP contribution in [0.3, 0.4) is 0 Å². The van der Waals surface area contributed by atoms with E-state index in [1.165, 1.54) is 26.4 Å². The van der Waals surface area contributed by atoms with Crippen LogP contribution in [-0.2, 0) is 24.2 Å². The molecule has 0 aliphatic heterocycles. The summed E-state index contributed by atoms with van der Waals surface area (Å²) in [6, 6.07) is 23.8. The number of hydrogen-bond donors (Lipinski definition) is 0. The van der Waals surface area contributed by atoms with Crippen LogP contribution in [0.15, 0.2) is 66.7 Å². The molecule has 1 nitrogen and oxygen atoms in total. The van der Waals surface area contributed by atoms with Gasteiger partial charge in [-0.3, -0.25) is 0 Å². The molecular weight excluding hydrogens is 312 g/mol. The van der Waals surface area contributed by atoms with Crippen molar-refractivity contribution in [2.45, 2.75) is 39.4 Å². The van der Waals surface area contributed by atoms with Gasteiger partial charge in [-0.1, -0.05) is 54.6 Å². The zero-order valence-corrected chi connectivity index (χ0v) is 15.2. The molecule has 0 N–H and O–H groups in total. The molecule has 3 aromatic rings. The van der Waals surface area contributed by atoms with Gasteiger partial charge >= 0.3 is 0 Å². The molecule has 0 amide bonds. The Bertz CT molecular complexity index is 743. The fraction of sp³-hybridized carbons (Fsp3) is 0.273. The van der Waals surface area contributed by atoms with Gasteiger partial charge in [-0.15, -0.1) is 11.3 Å². The number of benzene rings is 2. The molecule has 0 bridgehead atoms. The Hall–Kier alpha value is -1.90. The zero-order chi connectivity index (χ0) is 16.8. The van der Waals surface area contributed by atoms with Crippen molar-refractivity contribution in [1.29, 1.82) is 0 Å². The number of hydrogen-bond acceptors (Lipinski definition) is 2. The number of aryl methyl sites for hydroxylation is 3. The Morgan fingerprint density at radius 1 is 0.792 bits per heavy atom. The van der Waals surface area contributed by atoms with Crippen LogP contribution in [0.4, 0.5) is 0 Å². The normalized spacial score (nSPS) is 12.2. The quantitative estimate of drug-likeness (QED) is 0.505. The Balaban J connectivity index is 1.49. The topological polar surface area (TPSA) is 9.23 Å². The standard InChI is InChI=1S/C22H24OS/c1-17-8-15-22(24-17)18(2)23-16-21-13-11-20(12-14-21)10-9-19-6-4-3-5-7-19/h3-8,11-15,18H,9-10,16H2,1-2H3. The van der Waals surface area contributed by atoms with Gasteiger partial charge in [-0.25, -0.2) is 0 Å². The average molecular weight is 336 g/mol. The summed E-state index contributed by atoms with van der Waals surface area (Å²) < 4.78 is 6.01. The van der Waals surface area contributed by atoms with Gasteiger partial charge in [0.05, 0.1) is 12.7 Å². The number of ether oxygens (including phenoxy) is 1. The average Bonchev–Trinajstić information content (AvgIpc) is 3.06. The largest absolute Gasteiger partial charge is 0.368 e. The second-order valence-electron chi connectivity index (χ2n) is 6.20. The molecule has 1 atom stereocenters. The minimum absolute atomic E-state index is 0.154. The number of rotatable bonds is 7. The summed E-state index contributed by atoms with van der Waals surface area (Å²) in [4.78, 5) is 2.63. The predicted octanol–water partition coefficient (Wildman–Crippen LogP) is 6.12. The van der Waals surface area contributed by atoms with E-state index in [4.69, 9.17) is 4.74 Å².